The first-order valence-electron chi connectivity index (χ1n) is 9.19. The summed E-state index contributed by atoms with van der Waals surface area (Å²) in [5.41, 5.74) is 3.50. The molecule has 7 nitrogen and oxygen atoms in total. The van der Waals surface area contributed by atoms with E-state index in [9.17, 15) is 9.18 Å². The Hall–Kier alpha value is -3.52. The quantitative estimate of drug-likeness (QED) is 0.510. The van der Waals surface area contributed by atoms with E-state index in [1.165, 1.54) is 21.7 Å². The Balaban J connectivity index is 1.41. The number of hydrogen-bond acceptors (Lipinski definition) is 4. The van der Waals surface area contributed by atoms with Crippen LogP contribution in [0.25, 0.3) is 11.3 Å². The van der Waals surface area contributed by atoms with Gasteiger partial charge in [-0.3, -0.25) is 9.89 Å². The van der Waals surface area contributed by atoms with Gasteiger partial charge in [0.05, 0.1) is 30.7 Å². The number of hydrogen-bond donors (Lipinski definition) is 1. The minimum absolute atomic E-state index is 0.207. The van der Waals surface area contributed by atoms with Crippen LogP contribution in [0.1, 0.15) is 21.7 Å². The molecule has 0 bridgehead atoms. The first-order valence-corrected chi connectivity index (χ1v) is 9.56. The van der Waals surface area contributed by atoms with Crippen LogP contribution in [0.15, 0.2) is 60.8 Å². The number of amides is 1. The standard InChI is InChI=1S/C21H18ClFN6O/c1-28(12-17-10-19(25-24-17)14-5-3-2-4-6-14)21(30)20-13-29(27-26-20)11-15-7-8-16(23)9-18(15)22/h2-10,13H,11-12H2,1H3,(H,24,25). The van der Waals surface area contributed by atoms with Crippen LogP contribution in [0.3, 0.4) is 0 Å². The van der Waals surface area contributed by atoms with Gasteiger partial charge in [0, 0.05) is 17.6 Å². The van der Waals surface area contributed by atoms with Crippen LogP contribution in [0.5, 0.6) is 0 Å². The molecule has 2 aromatic carbocycles. The fourth-order valence-corrected chi connectivity index (χ4v) is 3.25. The van der Waals surface area contributed by atoms with Crippen LogP contribution < -0.4 is 0 Å². The Morgan fingerprint density at radius 2 is 2.00 bits per heavy atom. The Kier molecular flexibility index (Phi) is 5.58. The summed E-state index contributed by atoms with van der Waals surface area (Å²) >= 11 is 6.05. The molecule has 0 aliphatic rings. The number of aromatic amines is 1. The molecule has 0 saturated carbocycles. The molecule has 0 atom stereocenters. The summed E-state index contributed by atoms with van der Waals surface area (Å²) in [5, 5.41) is 15.5. The molecule has 0 fully saturated rings. The van der Waals surface area contributed by atoms with Crippen LogP contribution in [0.4, 0.5) is 4.39 Å². The molecule has 0 aliphatic carbocycles. The second-order valence-electron chi connectivity index (χ2n) is 6.84. The summed E-state index contributed by atoms with van der Waals surface area (Å²) in [5.74, 6) is -0.684. The minimum Gasteiger partial charge on any atom is -0.334 e. The first-order chi connectivity index (χ1) is 14.5. The third kappa shape index (κ3) is 4.38. The second-order valence-corrected chi connectivity index (χ2v) is 7.25. The lowest BCUT2D eigenvalue weighted by Crippen LogP contribution is -2.26. The van der Waals surface area contributed by atoms with Gasteiger partial charge in [0.1, 0.15) is 5.82 Å². The highest BCUT2D eigenvalue weighted by Gasteiger charge is 2.17. The third-order valence-corrected chi connectivity index (χ3v) is 4.91. The van der Waals surface area contributed by atoms with E-state index in [0.29, 0.717) is 17.1 Å². The van der Waals surface area contributed by atoms with E-state index in [4.69, 9.17) is 11.6 Å². The average Bonchev–Trinajstić information content (AvgIpc) is 3.40. The van der Waals surface area contributed by atoms with Crippen molar-refractivity contribution in [3.05, 3.63) is 88.6 Å². The van der Waals surface area contributed by atoms with E-state index in [-0.39, 0.29) is 18.1 Å². The van der Waals surface area contributed by atoms with Crippen molar-refractivity contribution in [2.24, 2.45) is 0 Å². The number of nitrogens with zero attached hydrogens (tertiary/aromatic N) is 5. The summed E-state index contributed by atoms with van der Waals surface area (Å²) in [6, 6.07) is 15.8. The average molecular weight is 425 g/mol. The number of benzene rings is 2. The number of halogens is 2. The van der Waals surface area contributed by atoms with Crippen molar-refractivity contribution in [2.75, 3.05) is 7.05 Å². The van der Waals surface area contributed by atoms with E-state index in [1.54, 1.807) is 19.3 Å². The third-order valence-electron chi connectivity index (χ3n) is 4.56. The topological polar surface area (TPSA) is 79.7 Å². The fraction of sp³-hybridized carbons (Fsp3) is 0.143. The van der Waals surface area contributed by atoms with Crippen molar-refractivity contribution in [2.45, 2.75) is 13.1 Å². The van der Waals surface area contributed by atoms with Crippen LogP contribution in [-0.4, -0.2) is 43.0 Å². The lowest BCUT2D eigenvalue weighted by molar-refractivity contribution is 0.0777. The van der Waals surface area contributed by atoms with E-state index >= 15 is 0 Å². The van der Waals surface area contributed by atoms with Crippen molar-refractivity contribution in [3.8, 4) is 11.3 Å². The molecular weight excluding hydrogens is 407 g/mol. The van der Waals surface area contributed by atoms with Crippen molar-refractivity contribution in [1.29, 1.82) is 0 Å². The molecule has 0 unspecified atom stereocenters. The van der Waals surface area contributed by atoms with E-state index in [2.05, 4.69) is 20.5 Å². The van der Waals surface area contributed by atoms with Gasteiger partial charge in [-0.15, -0.1) is 5.10 Å². The van der Waals surface area contributed by atoms with E-state index in [0.717, 1.165) is 17.0 Å². The van der Waals surface area contributed by atoms with Gasteiger partial charge in [0.25, 0.3) is 5.91 Å². The Morgan fingerprint density at radius 3 is 2.77 bits per heavy atom. The summed E-state index contributed by atoms with van der Waals surface area (Å²) in [4.78, 5) is 14.2. The summed E-state index contributed by atoms with van der Waals surface area (Å²) in [7, 11) is 1.68. The minimum atomic E-state index is -0.408. The SMILES string of the molecule is CN(Cc1cc(-c2ccccc2)n[nH]1)C(=O)c1cn(Cc2ccc(F)cc2Cl)nn1. The van der Waals surface area contributed by atoms with Gasteiger partial charge in [-0.05, 0) is 23.8 Å². The molecule has 9 heteroatoms. The van der Waals surface area contributed by atoms with Crippen molar-refractivity contribution in [3.63, 3.8) is 0 Å². The predicted octanol–water partition coefficient (Wildman–Crippen LogP) is 3.78. The first kappa shape index (κ1) is 19.8. The van der Waals surface area contributed by atoms with Gasteiger partial charge in [0.15, 0.2) is 5.69 Å². The lowest BCUT2D eigenvalue weighted by atomic mass is 10.1. The molecule has 0 aliphatic heterocycles. The van der Waals surface area contributed by atoms with Gasteiger partial charge in [-0.2, -0.15) is 5.10 Å². The highest BCUT2D eigenvalue weighted by molar-refractivity contribution is 6.31. The maximum Gasteiger partial charge on any atom is 0.276 e. The predicted molar refractivity (Wildman–Crippen MR) is 110 cm³/mol. The van der Waals surface area contributed by atoms with Crippen LogP contribution in [-0.2, 0) is 13.1 Å². The monoisotopic (exact) mass is 424 g/mol. The normalized spacial score (nSPS) is 10.9. The number of H-pyrrole nitrogens is 1. The summed E-state index contributed by atoms with van der Waals surface area (Å²) in [6.07, 6.45) is 1.54. The number of carbonyl (C=O) groups is 1. The summed E-state index contributed by atoms with van der Waals surface area (Å²) < 4.78 is 14.7. The molecule has 0 saturated heterocycles. The van der Waals surface area contributed by atoms with Gasteiger partial charge >= 0.3 is 0 Å². The number of carbonyl (C=O) groups excluding carboxylic acids is 1. The maximum atomic E-state index is 13.2. The van der Waals surface area contributed by atoms with E-state index < -0.39 is 5.82 Å². The van der Waals surface area contributed by atoms with Crippen molar-refractivity contribution >= 4 is 17.5 Å². The second kappa shape index (κ2) is 8.46. The molecule has 2 aromatic heterocycles. The molecule has 1 N–H and O–H groups in total. The molecule has 4 aromatic rings. The van der Waals surface area contributed by atoms with E-state index in [1.807, 2.05) is 36.4 Å². The van der Waals surface area contributed by atoms with Gasteiger partial charge in [-0.1, -0.05) is 53.2 Å². The van der Waals surface area contributed by atoms with Gasteiger partial charge in [-0.25, -0.2) is 9.07 Å². The molecular formula is C21H18ClFN6O. The van der Waals surface area contributed by atoms with Crippen molar-refractivity contribution < 1.29 is 9.18 Å². The molecule has 2 heterocycles. The Bertz CT molecular complexity index is 1170. The lowest BCUT2D eigenvalue weighted by Gasteiger charge is -2.13. The zero-order valence-corrected chi connectivity index (χ0v) is 16.8. The summed E-state index contributed by atoms with van der Waals surface area (Å²) in [6.45, 7) is 0.624. The highest BCUT2D eigenvalue weighted by atomic mass is 35.5. The number of aromatic nitrogens is 5. The highest BCUT2D eigenvalue weighted by Crippen LogP contribution is 2.19. The van der Waals surface area contributed by atoms with Crippen LogP contribution in [0.2, 0.25) is 5.02 Å². The van der Waals surface area contributed by atoms with Crippen molar-refractivity contribution in [1.82, 2.24) is 30.1 Å². The smallest absolute Gasteiger partial charge is 0.276 e. The molecule has 4 rings (SSSR count). The zero-order chi connectivity index (χ0) is 21.1. The largest absolute Gasteiger partial charge is 0.334 e. The molecule has 30 heavy (non-hydrogen) atoms. The van der Waals surface area contributed by atoms with Gasteiger partial charge in [0.2, 0.25) is 0 Å². The van der Waals surface area contributed by atoms with Crippen LogP contribution in [0, 0.1) is 5.82 Å². The Labute approximate surface area is 177 Å². The molecule has 0 spiro atoms. The fourth-order valence-electron chi connectivity index (χ4n) is 3.02. The number of rotatable bonds is 6. The molecule has 152 valence electrons. The van der Waals surface area contributed by atoms with Gasteiger partial charge < -0.3 is 4.90 Å². The number of nitrogens with one attached hydrogen (secondary N) is 1. The molecule has 0 radical (unpaired) electrons. The Morgan fingerprint density at radius 1 is 1.20 bits per heavy atom. The maximum absolute atomic E-state index is 13.2. The molecule has 1 amide bonds. The van der Waals surface area contributed by atoms with Crippen LogP contribution >= 0.6 is 11.6 Å². The zero-order valence-electron chi connectivity index (χ0n) is 16.1.